The zero-order valence-electron chi connectivity index (χ0n) is 8.62. The molecule has 76 valence electrons. The molecule has 2 N–H and O–H groups in total. The molecule has 1 aliphatic rings. The molecule has 1 amide bonds. The van der Waals surface area contributed by atoms with E-state index in [4.69, 9.17) is 5.73 Å². The van der Waals surface area contributed by atoms with Crippen molar-refractivity contribution in [1.82, 2.24) is 4.90 Å². The summed E-state index contributed by atoms with van der Waals surface area (Å²) in [5.74, 6) is 1.48. The Morgan fingerprint density at radius 2 is 2.38 bits per heavy atom. The van der Waals surface area contributed by atoms with Crippen LogP contribution < -0.4 is 5.73 Å². The lowest BCUT2D eigenvalue weighted by Gasteiger charge is -2.20. The normalized spacial score (nSPS) is 25.3. The van der Waals surface area contributed by atoms with Crippen molar-refractivity contribution in [3.05, 3.63) is 0 Å². The molecule has 1 saturated heterocycles. The molecule has 3 heteroatoms. The zero-order valence-corrected chi connectivity index (χ0v) is 8.62. The lowest BCUT2D eigenvalue weighted by molar-refractivity contribution is -0.126. The van der Waals surface area contributed by atoms with Crippen LogP contribution in [0.2, 0.25) is 0 Å². The van der Waals surface area contributed by atoms with Gasteiger partial charge < -0.3 is 10.6 Å². The van der Waals surface area contributed by atoms with Gasteiger partial charge >= 0.3 is 0 Å². The molecule has 0 aromatic rings. The Morgan fingerprint density at radius 1 is 1.69 bits per heavy atom. The van der Waals surface area contributed by atoms with Crippen molar-refractivity contribution >= 4 is 5.91 Å². The first-order valence-electron chi connectivity index (χ1n) is 5.13. The van der Waals surface area contributed by atoms with Gasteiger partial charge in [-0.3, -0.25) is 4.79 Å². The summed E-state index contributed by atoms with van der Waals surface area (Å²) >= 11 is 0. The summed E-state index contributed by atoms with van der Waals surface area (Å²) in [7, 11) is 1.89. The molecule has 0 radical (unpaired) electrons. The standard InChI is InChI=1S/C10H20N2O/c1-3-8(4-5-11)9-6-10(13)12(2)7-9/h8-9H,3-7,11H2,1-2H3. The number of hydrogen-bond acceptors (Lipinski definition) is 2. The smallest absolute Gasteiger partial charge is 0.222 e. The molecule has 13 heavy (non-hydrogen) atoms. The second-order valence-electron chi connectivity index (χ2n) is 3.98. The lowest BCUT2D eigenvalue weighted by Crippen LogP contribution is -2.22. The van der Waals surface area contributed by atoms with Crippen LogP contribution >= 0.6 is 0 Å². The Bertz CT molecular complexity index is 182. The predicted octanol–water partition coefficient (Wildman–Crippen LogP) is 0.840. The van der Waals surface area contributed by atoms with E-state index in [0.717, 1.165) is 32.4 Å². The Balaban J connectivity index is 2.47. The molecular formula is C10H20N2O. The SMILES string of the molecule is CCC(CCN)C1CC(=O)N(C)C1. The molecule has 0 spiro atoms. The van der Waals surface area contributed by atoms with Crippen molar-refractivity contribution in [1.29, 1.82) is 0 Å². The quantitative estimate of drug-likeness (QED) is 0.703. The van der Waals surface area contributed by atoms with Crippen LogP contribution in [-0.2, 0) is 4.79 Å². The van der Waals surface area contributed by atoms with Gasteiger partial charge in [0.05, 0.1) is 0 Å². The highest BCUT2D eigenvalue weighted by molar-refractivity contribution is 5.78. The molecule has 0 aromatic carbocycles. The monoisotopic (exact) mass is 184 g/mol. The van der Waals surface area contributed by atoms with Crippen molar-refractivity contribution in [2.24, 2.45) is 17.6 Å². The van der Waals surface area contributed by atoms with E-state index in [9.17, 15) is 4.79 Å². The minimum absolute atomic E-state index is 0.292. The van der Waals surface area contributed by atoms with Crippen LogP contribution in [0.15, 0.2) is 0 Å². The number of amides is 1. The number of likely N-dealkylation sites (tertiary alicyclic amines) is 1. The predicted molar refractivity (Wildman–Crippen MR) is 53.2 cm³/mol. The van der Waals surface area contributed by atoms with Crippen molar-refractivity contribution in [3.8, 4) is 0 Å². The van der Waals surface area contributed by atoms with E-state index in [-0.39, 0.29) is 0 Å². The highest BCUT2D eigenvalue weighted by Crippen LogP contribution is 2.28. The van der Waals surface area contributed by atoms with Crippen LogP contribution in [0, 0.1) is 11.8 Å². The van der Waals surface area contributed by atoms with E-state index in [0.29, 0.717) is 17.7 Å². The average molecular weight is 184 g/mol. The summed E-state index contributed by atoms with van der Waals surface area (Å²) in [6, 6.07) is 0. The van der Waals surface area contributed by atoms with E-state index in [2.05, 4.69) is 6.92 Å². The zero-order chi connectivity index (χ0) is 9.84. The Labute approximate surface area is 80.3 Å². The molecular weight excluding hydrogens is 164 g/mol. The number of carbonyl (C=O) groups is 1. The first kappa shape index (κ1) is 10.5. The number of nitrogens with zero attached hydrogens (tertiary/aromatic N) is 1. The van der Waals surface area contributed by atoms with Crippen LogP contribution in [0.1, 0.15) is 26.2 Å². The molecule has 1 fully saturated rings. The van der Waals surface area contributed by atoms with E-state index in [1.54, 1.807) is 0 Å². The van der Waals surface area contributed by atoms with Crippen molar-refractivity contribution in [2.45, 2.75) is 26.2 Å². The molecule has 3 nitrogen and oxygen atoms in total. The van der Waals surface area contributed by atoms with Crippen LogP contribution in [0.25, 0.3) is 0 Å². The van der Waals surface area contributed by atoms with Crippen LogP contribution in [0.4, 0.5) is 0 Å². The van der Waals surface area contributed by atoms with Gasteiger partial charge in [0.25, 0.3) is 0 Å². The van der Waals surface area contributed by atoms with Gasteiger partial charge in [0, 0.05) is 20.0 Å². The molecule has 0 aliphatic carbocycles. The Morgan fingerprint density at radius 3 is 2.77 bits per heavy atom. The van der Waals surface area contributed by atoms with Gasteiger partial charge in [0.1, 0.15) is 0 Å². The molecule has 1 aliphatic heterocycles. The van der Waals surface area contributed by atoms with E-state index in [1.165, 1.54) is 0 Å². The largest absolute Gasteiger partial charge is 0.345 e. The fraction of sp³-hybridized carbons (Fsp3) is 0.900. The molecule has 2 atom stereocenters. The Kier molecular flexibility index (Phi) is 3.72. The average Bonchev–Trinajstić information content (AvgIpc) is 2.43. The van der Waals surface area contributed by atoms with E-state index in [1.807, 2.05) is 11.9 Å². The highest BCUT2D eigenvalue weighted by Gasteiger charge is 2.31. The maximum atomic E-state index is 11.3. The van der Waals surface area contributed by atoms with Crippen LogP contribution in [0.5, 0.6) is 0 Å². The topological polar surface area (TPSA) is 46.3 Å². The maximum Gasteiger partial charge on any atom is 0.222 e. The summed E-state index contributed by atoms with van der Waals surface area (Å²) in [4.78, 5) is 13.1. The van der Waals surface area contributed by atoms with Gasteiger partial charge in [-0.25, -0.2) is 0 Å². The van der Waals surface area contributed by atoms with Crippen LogP contribution in [0.3, 0.4) is 0 Å². The van der Waals surface area contributed by atoms with Gasteiger partial charge in [-0.05, 0) is 24.8 Å². The van der Waals surface area contributed by atoms with Gasteiger partial charge in [0.15, 0.2) is 0 Å². The molecule has 0 saturated carbocycles. The fourth-order valence-corrected chi connectivity index (χ4v) is 2.20. The van der Waals surface area contributed by atoms with Gasteiger partial charge in [-0.1, -0.05) is 13.3 Å². The van der Waals surface area contributed by atoms with Crippen LogP contribution in [-0.4, -0.2) is 30.9 Å². The molecule has 1 heterocycles. The number of nitrogens with two attached hydrogens (primary N) is 1. The van der Waals surface area contributed by atoms with E-state index >= 15 is 0 Å². The van der Waals surface area contributed by atoms with Gasteiger partial charge in [-0.15, -0.1) is 0 Å². The van der Waals surface area contributed by atoms with E-state index < -0.39 is 0 Å². The number of carbonyl (C=O) groups excluding carboxylic acids is 1. The first-order valence-corrected chi connectivity index (χ1v) is 5.13. The summed E-state index contributed by atoms with van der Waals surface area (Å²) in [6.07, 6.45) is 2.93. The Hall–Kier alpha value is -0.570. The minimum Gasteiger partial charge on any atom is -0.345 e. The fourth-order valence-electron chi connectivity index (χ4n) is 2.20. The summed E-state index contributed by atoms with van der Waals surface area (Å²) in [5, 5.41) is 0. The van der Waals surface area contributed by atoms with Crippen molar-refractivity contribution < 1.29 is 4.79 Å². The maximum absolute atomic E-state index is 11.3. The third-order valence-corrected chi connectivity index (χ3v) is 3.10. The second kappa shape index (κ2) is 4.61. The molecule has 0 aromatic heterocycles. The summed E-state index contributed by atoms with van der Waals surface area (Å²) in [6.45, 7) is 3.85. The summed E-state index contributed by atoms with van der Waals surface area (Å²) < 4.78 is 0. The second-order valence-corrected chi connectivity index (χ2v) is 3.98. The molecule has 0 bridgehead atoms. The highest BCUT2D eigenvalue weighted by atomic mass is 16.2. The van der Waals surface area contributed by atoms with Gasteiger partial charge in [0.2, 0.25) is 5.91 Å². The molecule has 2 unspecified atom stereocenters. The van der Waals surface area contributed by atoms with Crippen molar-refractivity contribution in [2.75, 3.05) is 20.1 Å². The third-order valence-electron chi connectivity index (χ3n) is 3.10. The summed E-state index contributed by atoms with van der Waals surface area (Å²) in [5.41, 5.74) is 5.54. The lowest BCUT2D eigenvalue weighted by atomic mass is 9.87. The molecule has 1 rings (SSSR count). The number of hydrogen-bond donors (Lipinski definition) is 1. The number of rotatable bonds is 4. The third kappa shape index (κ3) is 2.44. The minimum atomic E-state index is 0.292. The van der Waals surface area contributed by atoms with Crippen molar-refractivity contribution in [3.63, 3.8) is 0 Å². The van der Waals surface area contributed by atoms with Gasteiger partial charge in [-0.2, -0.15) is 0 Å². The first-order chi connectivity index (χ1) is 6.19.